The van der Waals surface area contributed by atoms with Gasteiger partial charge in [-0.15, -0.1) is 0 Å². The third-order valence-corrected chi connectivity index (χ3v) is 3.47. The van der Waals surface area contributed by atoms with Crippen LogP contribution in [0.3, 0.4) is 0 Å². The van der Waals surface area contributed by atoms with Gasteiger partial charge in [0.15, 0.2) is 0 Å². The van der Waals surface area contributed by atoms with Gasteiger partial charge in [-0.25, -0.2) is 0 Å². The third kappa shape index (κ3) is 4.70. The number of nitrogens with one attached hydrogen (secondary N) is 2. The van der Waals surface area contributed by atoms with Crippen molar-refractivity contribution in [2.45, 2.75) is 46.2 Å². The number of aromatic nitrogens is 1. The average Bonchev–Trinajstić information content (AvgIpc) is 2.91. The molecular formula is C17H23N3O2. The monoisotopic (exact) mass is 301 g/mol. The van der Waals surface area contributed by atoms with Gasteiger partial charge in [-0.05, 0) is 31.9 Å². The zero-order chi connectivity index (χ0) is 15.9. The van der Waals surface area contributed by atoms with Crippen molar-refractivity contribution < 1.29 is 9.32 Å². The predicted octanol–water partition coefficient (Wildman–Crippen LogP) is 3.05. The van der Waals surface area contributed by atoms with Crippen molar-refractivity contribution in [1.29, 1.82) is 0 Å². The number of aryl methyl sites for hydroxylation is 2. The molecule has 0 spiro atoms. The molecule has 0 saturated heterocycles. The zero-order valence-electron chi connectivity index (χ0n) is 13.3. The Labute approximate surface area is 131 Å². The molecule has 0 aliphatic carbocycles. The normalized spacial score (nSPS) is 12.1. The van der Waals surface area contributed by atoms with Crippen LogP contribution >= 0.6 is 0 Å². The Kier molecular flexibility index (Phi) is 5.72. The van der Waals surface area contributed by atoms with Gasteiger partial charge in [0.05, 0.1) is 5.69 Å². The molecular weight excluding hydrogens is 278 g/mol. The Bertz CT molecular complexity index is 622. The number of para-hydroxylation sites is 1. The van der Waals surface area contributed by atoms with Crippen molar-refractivity contribution in [3.8, 4) is 0 Å². The van der Waals surface area contributed by atoms with E-state index in [4.69, 9.17) is 4.52 Å². The number of benzene rings is 1. The van der Waals surface area contributed by atoms with E-state index in [2.05, 4.69) is 22.7 Å². The molecule has 1 unspecified atom stereocenters. The van der Waals surface area contributed by atoms with Gasteiger partial charge in [0.1, 0.15) is 5.76 Å². The highest BCUT2D eigenvalue weighted by Gasteiger charge is 2.11. The fraction of sp³-hybridized carbons (Fsp3) is 0.412. The number of carbonyl (C=O) groups excluding carboxylic acids is 1. The van der Waals surface area contributed by atoms with E-state index in [0.29, 0.717) is 13.0 Å². The number of nitrogens with zero attached hydrogens (tertiary/aromatic N) is 1. The van der Waals surface area contributed by atoms with Crippen molar-refractivity contribution in [3.63, 3.8) is 0 Å². The minimum absolute atomic E-state index is 0.0113. The molecule has 0 radical (unpaired) electrons. The van der Waals surface area contributed by atoms with Gasteiger partial charge in [-0.3, -0.25) is 4.79 Å². The molecule has 0 fully saturated rings. The number of hydrogen-bond donors (Lipinski definition) is 2. The maximum atomic E-state index is 12.1. The van der Waals surface area contributed by atoms with Crippen LogP contribution in [-0.2, 0) is 17.8 Å². The standard InChI is InChI=1S/C17H23N3O2/c1-4-14-7-5-6-8-16(14)19-17(21)9-12(2)18-11-15-10-13(3)22-20-15/h5-8,10,12,18H,4,9,11H2,1-3H3,(H,19,21). The number of carbonyl (C=O) groups is 1. The molecule has 1 aromatic carbocycles. The second-order valence-corrected chi connectivity index (χ2v) is 5.47. The second-order valence-electron chi connectivity index (χ2n) is 5.47. The summed E-state index contributed by atoms with van der Waals surface area (Å²) in [6.07, 6.45) is 1.31. The summed E-state index contributed by atoms with van der Waals surface area (Å²) in [4.78, 5) is 12.1. The van der Waals surface area contributed by atoms with Gasteiger partial charge in [-0.2, -0.15) is 0 Å². The Balaban J connectivity index is 1.81. The molecule has 1 heterocycles. The van der Waals surface area contributed by atoms with Crippen molar-refractivity contribution in [3.05, 3.63) is 47.3 Å². The molecule has 0 saturated carbocycles. The lowest BCUT2D eigenvalue weighted by Crippen LogP contribution is -2.30. The van der Waals surface area contributed by atoms with Crippen molar-refractivity contribution in [2.75, 3.05) is 5.32 Å². The largest absolute Gasteiger partial charge is 0.361 e. The second kappa shape index (κ2) is 7.75. The zero-order valence-corrected chi connectivity index (χ0v) is 13.3. The number of hydrogen-bond acceptors (Lipinski definition) is 4. The van der Waals surface area contributed by atoms with E-state index in [1.807, 2.05) is 44.2 Å². The van der Waals surface area contributed by atoms with E-state index in [0.717, 1.165) is 29.1 Å². The average molecular weight is 301 g/mol. The minimum Gasteiger partial charge on any atom is -0.361 e. The molecule has 1 amide bonds. The third-order valence-electron chi connectivity index (χ3n) is 3.47. The van der Waals surface area contributed by atoms with Gasteiger partial charge >= 0.3 is 0 Å². The van der Waals surface area contributed by atoms with Crippen LogP contribution in [0.5, 0.6) is 0 Å². The lowest BCUT2D eigenvalue weighted by Gasteiger charge is -2.14. The highest BCUT2D eigenvalue weighted by molar-refractivity contribution is 5.91. The Hall–Kier alpha value is -2.14. The van der Waals surface area contributed by atoms with Gasteiger partial charge < -0.3 is 15.2 Å². The summed E-state index contributed by atoms with van der Waals surface area (Å²) in [6.45, 7) is 6.52. The van der Waals surface area contributed by atoms with Crippen LogP contribution in [0, 0.1) is 6.92 Å². The molecule has 5 nitrogen and oxygen atoms in total. The number of rotatable bonds is 7. The lowest BCUT2D eigenvalue weighted by atomic mass is 10.1. The smallest absolute Gasteiger partial charge is 0.225 e. The summed E-state index contributed by atoms with van der Waals surface area (Å²) in [6, 6.07) is 9.84. The number of anilines is 1. The fourth-order valence-corrected chi connectivity index (χ4v) is 2.28. The SMILES string of the molecule is CCc1ccccc1NC(=O)CC(C)NCc1cc(C)on1. The molecule has 118 valence electrons. The molecule has 2 aromatic rings. The number of amides is 1. The topological polar surface area (TPSA) is 67.2 Å². The molecule has 22 heavy (non-hydrogen) atoms. The maximum absolute atomic E-state index is 12.1. The maximum Gasteiger partial charge on any atom is 0.225 e. The van der Waals surface area contributed by atoms with Crippen LogP contribution < -0.4 is 10.6 Å². The van der Waals surface area contributed by atoms with Gasteiger partial charge in [0.2, 0.25) is 5.91 Å². The first-order chi connectivity index (χ1) is 10.6. The van der Waals surface area contributed by atoms with E-state index < -0.39 is 0 Å². The van der Waals surface area contributed by atoms with Gasteiger partial charge in [-0.1, -0.05) is 30.3 Å². The van der Waals surface area contributed by atoms with Gasteiger partial charge in [0.25, 0.3) is 0 Å². The van der Waals surface area contributed by atoms with E-state index in [9.17, 15) is 4.79 Å². The van der Waals surface area contributed by atoms with Crippen LogP contribution in [0.4, 0.5) is 5.69 Å². The van der Waals surface area contributed by atoms with Crippen molar-refractivity contribution in [2.24, 2.45) is 0 Å². The summed E-state index contributed by atoms with van der Waals surface area (Å²) in [5.74, 6) is 0.801. The molecule has 0 bridgehead atoms. The van der Waals surface area contributed by atoms with Crippen LogP contribution in [0.2, 0.25) is 0 Å². The molecule has 1 aromatic heterocycles. The van der Waals surface area contributed by atoms with Crippen LogP contribution in [0.15, 0.2) is 34.9 Å². The summed E-state index contributed by atoms with van der Waals surface area (Å²) in [5, 5.41) is 10.2. The summed E-state index contributed by atoms with van der Waals surface area (Å²) >= 11 is 0. The van der Waals surface area contributed by atoms with E-state index in [-0.39, 0.29) is 11.9 Å². The Morgan fingerprint density at radius 2 is 2.14 bits per heavy atom. The highest BCUT2D eigenvalue weighted by Crippen LogP contribution is 2.15. The summed E-state index contributed by atoms with van der Waals surface area (Å²) < 4.78 is 5.01. The molecule has 1 atom stereocenters. The van der Waals surface area contributed by atoms with Crippen LogP contribution in [0.1, 0.15) is 37.3 Å². The van der Waals surface area contributed by atoms with E-state index in [1.54, 1.807) is 0 Å². The molecule has 2 N–H and O–H groups in total. The van der Waals surface area contributed by atoms with Crippen LogP contribution in [-0.4, -0.2) is 17.1 Å². The molecule has 5 heteroatoms. The van der Waals surface area contributed by atoms with E-state index in [1.165, 1.54) is 0 Å². The highest BCUT2D eigenvalue weighted by atomic mass is 16.5. The first kappa shape index (κ1) is 16.2. The minimum atomic E-state index is 0.0113. The molecule has 2 rings (SSSR count). The Morgan fingerprint density at radius 1 is 1.36 bits per heavy atom. The molecule has 0 aliphatic heterocycles. The Morgan fingerprint density at radius 3 is 2.82 bits per heavy atom. The fourth-order valence-electron chi connectivity index (χ4n) is 2.28. The summed E-state index contributed by atoms with van der Waals surface area (Å²) in [5.41, 5.74) is 2.89. The van der Waals surface area contributed by atoms with Crippen LogP contribution in [0.25, 0.3) is 0 Å². The quantitative estimate of drug-likeness (QED) is 0.825. The van der Waals surface area contributed by atoms with Gasteiger partial charge in [0, 0.05) is 30.8 Å². The molecule has 0 aliphatic rings. The van der Waals surface area contributed by atoms with Crippen molar-refractivity contribution in [1.82, 2.24) is 10.5 Å². The lowest BCUT2D eigenvalue weighted by molar-refractivity contribution is -0.116. The predicted molar refractivity (Wildman–Crippen MR) is 86.6 cm³/mol. The van der Waals surface area contributed by atoms with E-state index >= 15 is 0 Å². The van der Waals surface area contributed by atoms with Crippen molar-refractivity contribution >= 4 is 11.6 Å². The summed E-state index contributed by atoms with van der Waals surface area (Å²) in [7, 11) is 0. The first-order valence-corrected chi connectivity index (χ1v) is 7.61. The first-order valence-electron chi connectivity index (χ1n) is 7.61.